The molecule has 2 aliphatic rings. The fourth-order valence-corrected chi connectivity index (χ4v) is 7.43. The molecule has 0 amide bonds. The molecule has 0 atom stereocenters. The number of nitrogens with one attached hydrogen (secondary N) is 1. The van der Waals surface area contributed by atoms with Crippen molar-refractivity contribution >= 4 is 45.8 Å². The fraction of sp³-hybridized carbons (Fsp3) is 0.220. The molecule has 1 N–H and O–H groups in total. The van der Waals surface area contributed by atoms with E-state index >= 15 is 4.39 Å². The summed E-state index contributed by atoms with van der Waals surface area (Å²) in [4.78, 5) is 13.8. The second-order valence-electron chi connectivity index (χ2n) is 12.5. The van der Waals surface area contributed by atoms with E-state index in [0.717, 1.165) is 29.9 Å². The van der Waals surface area contributed by atoms with Crippen molar-refractivity contribution in [2.24, 2.45) is 0 Å². The monoisotopic (exact) mass is 705 g/mol. The SMILES string of the molecule is COc1ccc([C]2OC(=O)C(c3ccc4c(c3)NSN4CCc3cccc4ccccc34)=C2Cc2cc(OC)c(OC)c(OC(C)C)c2)cc1F. The lowest BCUT2D eigenvalue weighted by Gasteiger charge is -2.19. The van der Waals surface area contributed by atoms with Gasteiger partial charge in [0.05, 0.1) is 56.5 Å². The average molecular weight is 706 g/mol. The molecule has 0 saturated heterocycles. The Hall–Kier alpha value is -5.35. The number of methoxy groups -OCH3 is 3. The number of esters is 1. The van der Waals surface area contributed by atoms with E-state index in [1.807, 2.05) is 44.2 Å². The number of fused-ring (bicyclic) bond motifs is 2. The van der Waals surface area contributed by atoms with Crippen LogP contribution in [0.25, 0.3) is 16.3 Å². The minimum absolute atomic E-state index is 0.0944. The first-order chi connectivity index (χ1) is 24.8. The highest BCUT2D eigenvalue weighted by atomic mass is 32.2. The number of benzene rings is 5. The van der Waals surface area contributed by atoms with Crippen LogP contribution in [0.5, 0.6) is 23.0 Å². The number of rotatable bonds is 12. The van der Waals surface area contributed by atoms with Gasteiger partial charge in [0.2, 0.25) is 11.9 Å². The molecular formula is C41H38FN2O6S. The largest absolute Gasteiger partial charge is 0.494 e. The van der Waals surface area contributed by atoms with Crippen molar-refractivity contribution in [3.63, 3.8) is 0 Å². The van der Waals surface area contributed by atoms with Crippen molar-refractivity contribution in [3.05, 3.63) is 131 Å². The van der Waals surface area contributed by atoms with Crippen molar-refractivity contribution < 1.29 is 32.9 Å². The van der Waals surface area contributed by atoms with E-state index in [1.54, 1.807) is 20.3 Å². The highest BCUT2D eigenvalue weighted by Gasteiger charge is 2.38. The van der Waals surface area contributed by atoms with Gasteiger partial charge in [0.1, 0.15) is 0 Å². The minimum atomic E-state index is -0.563. The molecule has 0 aromatic heterocycles. The van der Waals surface area contributed by atoms with E-state index in [9.17, 15) is 4.79 Å². The lowest BCUT2D eigenvalue weighted by Crippen LogP contribution is -2.15. The Labute approximate surface area is 301 Å². The van der Waals surface area contributed by atoms with Gasteiger partial charge in [-0.15, -0.1) is 0 Å². The van der Waals surface area contributed by atoms with E-state index in [0.29, 0.717) is 39.5 Å². The Morgan fingerprint density at radius 3 is 2.37 bits per heavy atom. The first-order valence-electron chi connectivity index (χ1n) is 16.7. The average Bonchev–Trinajstić information content (AvgIpc) is 3.69. The van der Waals surface area contributed by atoms with Gasteiger partial charge in [0, 0.05) is 17.7 Å². The summed E-state index contributed by atoms with van der Waals surface area (Å²) in [5.74, 6) is 0.473. The molecule has 0 spiro atoms. The molecule has 0 unspecified atom stereocenters. The quantitative estimate of drug-likeness (QED) is 0.101. The van der Waals surface area contributed by atoms with Gasteiger partial charge in [-0.25, -0.2) is 9.18 Å². The van der Waals surface area contributed by atoms with Crippen LogP contribution in [0.15, 0.2) is 96.6 Å². The maximum atomic E-state index is 15.0. The fourth-order valence-electron chi connectivity index (χ4n) is 6.62. The van der Waals surface area contributed by atoms with Crippen LogP contribution in [-0.2, 0) is 22.4 Å². The van der Waals surface area contributed by atoms with E-state index in [4.69, 9.17) is 23.7 Å². The standard InChI is InChI=1S/C41H38FN2O6S/c1-24(2)49-37-21-25(20-36(47-4)40(37)48-5)19-31-38(41(45)50-39(31)29-14-16-35(46-3)32(42)22-29)28-13-15-34-33(23-28)43-51-44(34)18-17-27-11-8-10-26-9-6-7-12-30(26)27/h6-16,20-24,43H,17-19H2,1-5H3. The van der Waals surface area contributed by atoms with Crippen LogP contribution in [0.3, 0.4) is 0 Å². The predicted octanol–water partition coefficient (Wildman–Crippen LogP) is 8.96. The van der Waals surface area contributed by atoms with E-state index in [-0.39, 0.29) is 24.4 Å². The lowest BCUT2D eigenvalue weighted by molar-refractivity contribution is -0.133. The molecule has 5 aromatic rings. The molecule has 8 nitrogen and oxygen atoms in total. The van der Waals surface area contributed by atoms with Gasteiger partial charge in [-0.2, -0.15) is 0 Å². The Balaban J connectivity index is 1.25. The third kappa shape index (κ3) is 6.76. The maximum Gasteiger partial charge on any atom is 0.340 e. The van der Waals surface area contributed by atoms with Crippen molar-refractivity contribution in [3.8, 4) is 23.0 Å². The van der Waals surface area contributed by atoms with Crippen molar-refractivity contribution in [1.29, 1.82) is 0 Å². The summed E-state index contributed by atoms with van der Waals surface area (Å²) in [5, 5.41) is 2.48. The second-order valence-corrected chi connectivity index (χ2v) is 13.3. The van der Waals surface area contributed by atoms with Gasteiger partial charge in [0.25, 0.3) is 0 Å². The molecule has 0 aliphatic carbocycles. The molecular weight excluding hydrogens is 668 g/mol. The summed E-state index contributed by atoms with van der Waals surface area (Å²) >= 11 is 1.52. The Morgan fingerprint density at radius 2 is 1.61 bits per heavy atom. The topological polar surface area (TPSA) is 78.5 Å². The summed E-state index contributed by atoms with van der Waals surface area (Å²) in [6.07, 6.45) is 1.27. The summed E-state index contributed by atoms with van der Waals surface area (Å²) in [7, 11) is 4.53. The predicted molar refractivity (Wildman–Crippen MR) is 200 cm³/mol. The second kappa shape index (κ2) is 14.5. The highest BCUT2D eigenvalue weighted by Crippen LogP contribution is 2.47. The smallest absolute Gasteiger partial charge is 0.340 e. The summed E-state index contributed by atoms with van der Waals surface area (Å²) in [6.45, 7) is 4.64. The molecule has 0 saturated carbocycles. The van der Waals surface area contributed by atoms with Crippen molar-refractivity contribution in [1.82, 2.24) is 0 Å². The minimum Gasteiger partial charge on any atom is -0.494 e. The van der Waals surface area contributed by atoms with Gasteiger partial charge >= 0.3 is 5.97 Å². The number of carbonyl (C=O) groups is 1. The molecule has 261 valence electrons. The molecule has 0 fully saturated rings. The van der Waals surface area contributed by atoms with Gasteiger partial charge < -0.3 is 28.4 Å². The zero-order valence-corrected chi connectivity index (χ0v) is 29.9. The third-order valence-corrected chi connectivity index (χ3v) is 9.83. The first kappa shape index (κ1) is 34.1. The van der Waals surface area contributed by atoms with Crippen LogP contribution in [-0.4, -0.2) is 39.9 Å². The number of carbonyl (C=O) groups excluding carboxylic acids is 1. The van der Waals surface area contributed by atoms with Crippen LogP contribution in [0.2, 0.25) is 0 Å². The lowest BCUT2D eigenvalue weighted by atomic mass is 9.90. The third-order valence-electron chi connectivity index (χ3n) is 8.92. The van der Waals surface area contributed by atoms with Gasteiger partial charge in [-0.1, -0.05) is 54.6 Å². The van der Waals surface area contributed by atoms with Gasteiger partial charge in [0.15, 0.2) is 23.1 Å². The number of halogens is 1. The molecule has 7 rings (SSSR count). The number of anilines is 2. The number of hydrogen-bond acceptors (Lipinski definition) is 9. The summed E-state index contributed by atoms with van der Waals surface area (Å²) in [5.41, 5.74) is 6.08. The number of nitrogens with zero attached hydrogens (tertiary/aromatic N) is 1. The first-order valence-corrected chi connectivity index (χ1v) is 17.4. The van der Waals surface area contributed by atoms with Crippen LogP contribution in [0.4, 0.5) is 15.8 Å². The molecule has 1 radical (unpaired) electrons. The van der Waals surface area contributed by atoms with Crippen LogP contribution < -0.4 is 28.0 Å². The Morgan fingerprint density at radius 1 is 0.843 bits per heavy atom. The Kier molecular flexibility index (Phi) is 9.69. The zero-order chi connectivity index (χ0) is 35.6. The number of hydrogen-bond donors (Lipinski definition) is 1. The summed E-state index contributed by atoms with van der Waals surface area (Å²) in [6, 6.07) is 29.0. The van der Waals surface area contributed by atoms with Crippen molar-refractivity contribution in [2.45, 2.75) is 32.8 Å². The zero-order valence-electron chi connectivity index (χ0n) is 29.0. The normalized spacial score (nSPS) is 14.2. The van der Waals surface area contributed by atoms with Gasteiger partial charge in [-0.05, 0) is 90.6 Å². The van der Waals surface area contributed by atoms with Gasteiger partial charge in [-0.3, -0.25) is 4.31 Å². The molecule has 51 heavy (non-hydrogen) atoms. The number of cyclic esters (lactones) is 1. The van der Waals surface area contributed by atoms with Crippen LogP contribution >= 0.6 is 12.1 Å². The van der Waals surface area contributed by atoms with E-state index < -0.39 is 11.8 Å². The maximum absolute atomic E-state index is 15.0. The summed E-state index contributed by atoms with van der Waals surface area (Å²) < 4.78 is 49.2. The Bertz CT molecular complexity index is 2150. The molecule has 10 heteroatoms. The molecule has 2 aliphatic heterocycles. The van der Waals surface area contributed by atoms with Crippen LogP contribution in [0.1, 0.15) is 36.1 Å². The molecule has 5 aromatic carbocycles. The van der Waals surface area contributed by atoms with Crippen LogP contribution in [0, 0.1) is 11.9 Å². The number of ether oxygens (including phenoxy) is 5. The molecule has 2 heterocycles. The van der Waals surface area contributed by atoms with E-state index in [2.05, 4.69) is 51.5 Å². The van der Waals surface area contributed by atoms with Crippen molar-refractivity contribution in [2.75, 3.05) is 36.9 Å². The molecule has 0 bridgehead atoms. The van der Waals surface area contributed by atoms with E-state index in [1.165, 1.54) is 47.7 Å². The highest BCUT2D eigenvalue weighted by molar-refractivity contribution is 8.02.